The molecule has 0 saturated heterocycles. The standard InChI is InChI=1S/C7H4F6O3.2Li/c8-6(9,10)4(15)1-3(14)2-5(16)7(11,12)13;;/h1-2,15-16H;;/q;2*+1/p-2/b4-1-,5-2-;;. The Morgan fingerprint density at radius 1 is 0.778 bits per heavy atom. The van der Waals surface area contributed by atoms with Crippen LogP contribution in [-0.4, -0.2) is 18.1 Å². The van der Waals surface area contributed by atoms with Crippen LogP contribution in [0.25, 0.3) is 0 Å². The van der Waals surface area contributed by atoms with Crippen molar-refractivity contribution in [2.45, 2.75) is 12.4 Å². The minimum absolute atomic E-state index is 0. The average molecular weight is 262 g/mol. The Morgan fingerprint density at radius 3 is 1.17 bits per heavy atom. The van der Waals surface area contributed by atoms with Crippen LogP contribution in [0.2, 0.25) is 0 Å². The number of rotatable bonds is 2. The maximum Gasteiger partial charge on any atom is 1.00 e. The van der Waals surface area contributed by atoms with E-state index in [-0.39, 0.29) is 37.7 Å². The van der Waals surface area contributed by atoms with Gasteiger partial charge in [0.25, 0.3) is 0 Å². The second-order valence-electron chi connectivity index (χ2n) is 2.42. The van der Waals surface area contributed by atoms with E-state index >= 15 is 0 Å². The maximum absolute atomic E-state index is 11.5. The zero-order valence-corrected chi connectivity index (χ0v) is 9.15. The van der Waals surface area contributed by atoms with Crippen LogP contribution >= 0.6 is 0 Å². The Labute approximate surface area is 121 Å². The van der Waals surface area contributed by atoms with Crippen molar-refractivity contribution in [3.05, 3.63) is 23.7 Å². The van der Waals surface area contributed by atoms with E-state index in [0.717, 1.165) is 0 Å². The molecule has 0 rings (SSSR count). The van der Waals surface area contributed by atoms with Crippen molar-refractivity contribution in [1.82, 2.24) is 0 Å². The molecule has 92 valence electrons. The molecule has 0 aliphatic rings. The van der Waals surface area contributed by atoms with Crippen LogP contribution in [0.5, 0.6) is 0 Å². The fraction of sp³-hybridized carbons (Fsp3) is 0.286. The molecule has 0 aromatic carbocycles. The molecule has 11 heteroatoms. The van der Waals surface area contributed by atoms with Gasteiger partial charge >= 0.3 is 50.1 Å². The molecule has 0 saturated carbocycles. The molecule has 0 spiro atoms. The number of allylic oxidation sites excluding steroid dienone is 4. The Balaban J connectivity index is -0.00000112. The Bertz CT molecular complexity index is 312. The van der Waals surface area contributed by atoms with E-state index in [2.05, 4.69) is 0 Å². The largest absolute Gasteiger partial charge is 1.00 e. The minimum Gasteiger partial charge on any atom is -0.869 e. The van der Waals surface area contributed by atoms with Crippen molar-refractivity contribution in [2.24, 2.45) is 0 Å². The first-order chi connectivity index (χ1) is 6.94. The van der Waals surface area contributed by atoms with E-state index in [1.165, 1.54) is 0 Å². The molecule has 3 nitrogen and oxygen atoms in total. The van der Waals surface area contributed by atoms with Crippen molar-refractivity contribution in [3.63, 3.8) is 0 Å². The number of alkyl halides is 6. The van der Waals surface area contributed by atoms with Gasteiger partial charge in [0.15, 0.2) is 5.78 Å². The van der Waals surface area contributed by atoms with Gasteiger partial charge < -0.3 is 10.2 Å². The van der Waals surface area contributed by atoms with E-state index < -0.39 is 41.8 Å². The Morgan fingerprint density at radius 2 is 1.00 bits per heavy atom. The quantitative estimate of drug-likeness (QED) is 0.215. The van der Waals surface area contributed by atoms with Crippen LogP contribution in [0, 0.1) is 0 Å². The number of halogens is 6. The molecular weight excluding hydrogens is 260 g/mol. The third-order valence-electron chi connectivity index (χ3n) is 1.11. The summed E-state index contributed by atoms with van der Waals surface area (Å²) in [5, 5.41) is 20.2. The molecule has 0 atom stereocenters. The SMILES string of the molecule is O=C(/C=C(\[O-])C(F)(F)F)/C=C(\[O-])C(F)(F)F.[Li+].[Li+]. The second-order valence-corrected chi connectivity index (χ2v) is 2.42. The molecular formula is C7H2F6Li2O3. The van der Waals surface area contributed by atoms with Crippen molar-refractivity contribution in [2.75, 3.05) is 0 Å². The summed E-state index contributed by atoms with van der Waals surface area (Å²) in [7, 11) is 0. The van der Waals surface area contributed by atoms with Gasteiger partial charge in [0, 0.05) is 0 Å². The van der Waals surface area contributed by atoms with Gasteiger partial charge in [-0.15, -0.1) is 0 Å². The molecule has 0 aliphatic carbocycles. The molecule has 0 fully saturated rings. The fourth-order valence-electron chi connectivity index (χ4n) is 0.464. The number of ketones is 1. The summed E-state index contributed by atoms with van der Waals surface area (Å²) >= 11 is 0. The summed E-state index contributed by atoms with van der Waals surface area (Å²) in [6, 6.07) is 0. The van der Waals surface area contributed by atoms with Gasteiger partial charge in [0.1, 0.15) is 0 Å². The second kappa shape index (κ2) is 7.85. The fourth-order valence-corrected chi connectivity index (χ4v) is 0.464. The van der Waals surface area contributed by atoms with Crippen LogP contribution in [-0.2, 0) is 4.79 Å². The summed E-state index contributed by atoms with van der Waals surface area (Å²) in [6.45, 7) is 0. The first-order valence-corrected chi connectivity index (χ1v) is 3.40. The van der Waals surface area contributed by atoms with E-state index in [4.69, 9.17) is 0 Å². The molecule has 0 amide bonds. The monoisotopic (exact) mass is 262 g/mol. The number of hydrogen-bond donors (Lipinski definition) is 0. The predicted molar refractivity (Wildman–Crippen MR) is 33.3 cm³/mol. The summed E-state index contributed by atoms with van der Waals surface area (Å²) < 4.78 is 69.2. The van der Waals surface area contributed by atoms with Crippen LogP contribution in [0.4, 0.5) is 26.3 Å². The van der Waals surface area contributed by atoms with Gasteiger partial charge in [0.2, 0.25) is 0 Å². The first kappa shape index (κ1) is 22.7. The van der Waals surface area contributed by atoms with Gasteiger partial charge in [-0.1, -0.05) is 0 Å². The molecule has 0 aromatic rings. The normalized spacial score (nSPS) is 13.4. The van der Waals surface area contributed by atoms with E-state index in [1.807, 2.05) is 0 Å². The Hall–Kier alpha value is -0.475. The molecule has 0 N–H and O–H groups in total. The number of carbonyl (C=O) groups excluding carboxylic acids is 1. The van der Waals surface area contributed by atoms with Gasteiger partial charge in [-0.2, -0.15) is 26.3 Å². The molecule has 0 aliphatic heterocycles. The predicted octanol–water partition coefficient (Wildman–Crippen LogP) is -5.82. The van der Waals surface area contributed by atoms with Gasteiger partial charge in [-0.3, -0.25) is 4.79 Å². The van der Waals surface area contributed by atoms with Crippen molar-refractivity contribution in [1.29, 1.82) is 0 Å². The van der Waals surface area contributed by atoms with Crippen LogP contribution < -0.4 is 47.9 Å². The van der Waals surface area contributed by atoms with Gasteiger partial charge in [-0.05, 0) is 23.7 Å². The van der Waals surface area contributed by atoms with Crippen LogP contribution in [0.1, 0.15) is 0 Å². The molecule has 18 heavy (non-hydrogen) atoms. The van der Waals surface area contributed by atoms with Gasteiger partial charge in [-0.25, -0.2) is 0 Å². The van der Waals surface area contributed by atoms with Crippen molar-refractivity contribution < 1.29 is 79.1 Å². The van der Waals surface area contributed by atoms with Crippen molar-refractivity contribution >= 4 is 5.78 Å². The zero-order valence-electron chi connectivity index (χ0n) is 9.15. The Kier molecular flexibility index (Phi) is 9.89. The molecule has 0 heterocycles. The molecule has 0 radical (unpaired) electrons. The molecule has 0 aromatic heterocycles. The van der Waals surface area contributed by atoms with E-state index in [0.29, 0.717) is 0 Å². The molecule has 0 bridgehead atoms. The summed E-state index contributed by atoms with van der Waals surface area (Å²) in [6.07, 6.45) is -12.0. The summed E-state index contributed by atoms with van der Waals surface area (Å²) in [4.78, 5) is 10.4. The van der Waals surface area contributed by atoms with Crippen molar-refractivity contribution in [3.8, 4) is 0 Å². The summed E-state index contributed by atoms with van der Waals surface area (Å²) in [5.74, 6) is -7.24. The average Bonchev–Trinajstić information content (AvgIpc) is 1.99. The zero-order chi connectivity index (χ0) is 13.1. The topological polar surface area (TPSA) is 63.2 Å². The van der Waals surface area contributed by atoms with Gasteiger partial charge in [0.05, 0.1) is 0 Å². The smallest absolute Gasteiger partial charge is 0.869 e. The third kappa shape index (κ3) is 8.59. The van der Waals surface area contributed by atoms with Crippen LogP contribution in [0.3, 0.4) is 0 Å². The number of hydrogen-bond acceptors (Lipinski definition) is 3. The maximum atomic E-state index is 11.5. The number of carbonyl (C=O) groups is 1. The first-order valence-electron chi connectivity index (χ1n) is 3.40. The third-order valence-corrected chi connectivity index (χ3v) is 1.11. The molecule has 0 unspecified atom stereocenters. The van der Waals surface area contributed by atoms with E-state index in [9.17, 15) is 41.4 Å². The minimum atomic E-state index is -5.37. The van der Waals surface area contributed by atoms with E-state index in [1.54, 1.807) is 0 Å². The van der Waals surface area contributed by atoms with Crippen LogP contribution in [0.15, 0.2) is 23.7 Å². The summed E-state index contributed by atoms with van der Waals surface area (Å²) in [5.41, 5.74) is 0.